The van der Waals surface area contributed by atoms with Crippen LogP contribution in [0.1, 0.15) is 0 Å². The number of aliphatic hydroxyl groups is 2. The van der Waals surface area contributed by atoms with Crippen LogP contribution in [0, 0.1) is 0 Å². The Bertz CT molecular complexity index is 166. The highest BCUT2D eigenvalue weighted by Gasteiger charge is 2.32. The summed E-state index contributed by atoms with van der Waals surface area (Å²) in [6.07, 6.45) is -1.76. The molecular formula is C6H10N2O4. The first-order valence-corrected chi connectivity index (χ1v) is 3.49. The standard InChI is InChI=1S/C6H10N2O4/c9-3-7-1-2-8(4-10)6(12)5(7)11/h3-6,11-12H,1-2H2. The maximum absolute atomic E-state index is 10.3. The van der Waals surface area contributed by atoms with Crippen LogP contribution >= 0.6 is 0 Å². The van der Waals surface area contributed by atoms with Crippen LogP contribution < -0.4 is 0 Å². The van der Waals surface area contributed by atoms with E-state index in [1.807, 2.05) is 0 Å². The van der Waals surface area contributed by atoms with Crippen LogP contribution in [0.5, 0.6) is 0 Å². The van der Waals surface area contributed by atoms with Crippen LogP contribution in [0.3, 0.4) is 0 Å². The summed E-state index contributed by atoms with van der Waals surface area (Å²) in [6.45, 7) is 0.473. The number of hydrogen-bond acceptors (Lipinski definition) is 4. The minimum atomic E-state index is -1.32. The molecule has 0 spiro atoms. The molecule has 6 heteroatoms. The largest absolute Gasteiger partial charge is 0.369 e. The zero-order valence-corrected chi connectivity index (χ0v) is 6.33. The fourth-order valence-electron chi connectivity index (χ4n) is 1.07. The van der Waals surface area contributed by atoms with Crippen molar-refractivity contribution < 1.29 is 19.8 Å². The Balaban J connectivity index is 2.64. The number of amides is 2. The number of carbonyl (C=O) groups excluding carboxylic acids is 2. The summed E-state index contributed by atoms with van der Waals surface area (Å²) in [5.74, 6) is 0. The maximum Gasteiger partial charge on any atom is 0.211 e. The molecule has 1 aliphatic rings. The molecule has 0 bridgehead atoms. The van der Waals surface area contributed by atoms with Gasteiger partial charge in [0.1, 0.15) is 0 Å². The predicted molar refractivity (Wildman–Crippen MR) is 37.6 cm³/mol. The number of nitrogens with zero attached hydrogens (tertiary/aromatic N) is 2. The van der Waals surface area contributed by atoms with Crippen LogP contribution in [0.25, 0.3) is 0 Å². The number of aliphatic hydroxyl groups excluding tert-OH is 2. The first-order valence-electron chi connectivity index (χ1n) is 3.49. The summed E-state index contributed by atoms with van der Waals surface area (Å²) in [4.78, 5) is 22.6. The van der Waals surface area contributed by atoms with E-state index in [2.05, 4.69) is 0 Å². The molecule has 2 atom stereocenters. The zero-order valence-electron chi connectivity index (χ0n) is 6.33. The highest BCUT2D eigenvalue weighted by molar-refractivity contribution is 5.51. The smallest absolute Gasteiger partial charge is 0.211 e. The SMILES string of the molecule is O=CN1CCN(C=O)C(O)C1O. The van der Waals surface area contributed by atoms with Crippen molar-refractivity contribution in [2.24, 2.45) is 0 Å². The van der Waals surface area contributed by atoms with E-state index in [1.54, 1.807) is 0 Å². The monoisotopic (exact) mass is 174 g/mol. The highest BCUT2D eigenvalue weighted by atomic mass is 16.4. The summed E-state index contributed by atoms with van der Waals surface area (Å²) in [5, 5.41) is 18.4. The highest BCUT2D eigenvalue weighted by Crippen LogP contribution is 2.09. The molecule has 1 aliphatic heterocycles. The van der Waals surface area contributed by atoms with Crippen molar-refractivity contribution in [3.05, 3.63) is 0 Å². The second kappa shape index (κ2) is 3.51. The van der Waals surface area contributed by atoms with E-state index >= 15 is 0 Å². The van der Waals surface area contributed by atoms with Gasteiger partial charge in [-0.1, -0.05) is 0 Å². The van der Waals surface area contributed by atoms with Crippen molar-refractivity contribution >= 4 is 12.8 Å². The lowest BCUT2D eigenvalue weighted by Crippen LogP contribution is -2.58. The Morgan fingerprint density at radius 3 is 1.58 bits per heavy atom. The van der Waals surface area contributed by atoms with Gasteiger partial charge < -0.3 is 20.0 Å². The van der Waals surface area contributed by atoms with Crippen LogP contribution in [-0.2, 0) is 9.59 Å². The third kappa shape index (κ3) is 1.39. The Morgan fingerprint density at radius 2 is 1.33 bits per heavy atom. The fourth-order valence-corrected chi connectivity index (χ4v) is 1.07. The molecule has 68 valence electrons. The molecule has 1 fully saturated rings. The van der Waals surface area contributed by atoms with Gasteiger partial charge in [0.15, 0.2) is 12.5 Å². The Kier molecular flexibility index (Phi) is 2.61. The summed E-state index contributed by atoms with van der Waals surface area (Å²) in [6, 6.07) is 0. The molecule has 1 saturated heterocycles. The second-order valence-electron chi connectivity index (χ2n) is 2.51. The first-order chi connectivity index (χ1) is 5.70. The number of hydrogen-bond donors (Lipinski definition) is 2. The van der Waals surface area contributed by atoms with Crippen LogP contribution in [-0.4, -0.2) is 58.4 Å². The molecule has 0 aromatic carbocycles. The molecule has 2 unspecified atom stereocenters. The molecule has 2 amide bonds. The van der Waals surface area contributed by atoms with Crippen molar-refractivity contribution in [3.8, 4) is 0 Å². The summed E-state index contributed by atoms with van der Waals surface area (Å²) in [7, 11) is 0. The summed E-state index contributed by atoms with van der Waals surface area (Å²) < 4.78 is 0. The van der Waals surface area contributed by atoms with Gasteiger partial charge in [-0.2, -0.15) is 0 Å². The molecular weight excluding hydrogens is 164 g/mol. The molecule has 6 nitrogen and oxygen atoms in total. The topological polar surface area (TPSA) is 81.1 Å². The van der Waals surface area contributed by atoms with Gasteiger partial charge >= 0.3 is 0 Å². The van der Waals surface area contributed by atoms with Crippen LogP contribution in [0.4, 0.5) is 0 Å². The molecule has 1 heterocycles. The van der Waals surface area contributed by atoms with E-state index in [4.69, 9.17) is 0 Å². The van der Waals surface area contributed by atoms with E-state index in [9.17, 15) is 19.8 Å². The molecule has 0 aromatic rings. The third-order valence-corrected chi connectivity index (χ3v) is 1.83. The van der Waals surface area contributed by atoms with Gasteiger partial charge in [0, 0.05) is 13.1 Å². The predicted octanol–water partition coefficient (Wildman–Crippen LogP) is -2.45. The third-order valence-electron chi connectivity index (χ3n) is 1.83. The van der Waals surface area contributed by atoms with Gasteiger partial charge in [0.25, 0.3) is 0 Å². The molecule has 0 saturated carbocycles. The Hall–Kier alpha value is -1.14. The van der Waals surface area contributed by atoms with E-state index < -0.39 is 12.5 Å². The first kappa shape index (κ1) is 8.95. The van der Waals surface area contributed by atoms with E-state index in [0.29, 0.717) is 12.8 Å². The van der Waals surface area contributed by atoms with Crippen LogP contribution in [0.15, 0.2) is 0 Å². The van der Waals surface area contributed by atoms with Crippen molar-refractivity contribution in [1.29, 1.82) is 0 Å². The van der Waals surface area contributed by atoms with Gasteiger partial charge in [-0.3, -0.25) is 9.59 Å². The minimum Gasteiger partial charge on any atom is -0.369 e. The number of rotatable bonds is 2. The van der Waals surface area contributed by atoms with Crippen molar-refractivity contribution in [2.45, 2.75) is 12.5 Å². The average molecular weight is 174 g/mol. The summed E-state index contributed by atoms with van der Waals surface area (Å²) in [5.41, 5.74) is 0. The van der Waals surface area contributed by atoms with Crippen molar-refractivity contribution in [2.75, 3.05) is 13.1 Å². The van der Waals surface area contributed by atoms with Gasteiger partial charge in [-0.15, -0.1) is 0 Å². The lowest BCUT2D eigenvalue weighted by molar-refractivity contribution is -0.181. The quantitative estimate of drug-likeness (QED) is 0.455. The van der Waals surface area contributed by atoms with Crippen LogP contribution in [0.2, 0.25) is 0 Å². The molecule has 0 aromatic heterocycles. The van der Waals surface area contributed by atoms with Crippen molar-refractivity contribution in [3.63, 3.8) is 0 Å². The molecule has 0 aliphatic carbocycles. The Labute approximate surface area is 69.0 Å². The normalized spacial score (nSPS) is 30.2. The molecule has 12 heavy (non-hydrogen) atoms. The fraction of sp³-hybridized carbons (Fsp3) is 0.667. The molecule has 2 N–H and O–H groups in total. The minimum absolute atomic E-state index is 0.237. The van der Waals surface area contributed by atoms with E-state index in [1.165, 1.54) is 0 Å². The average Bonchev–Trinajstić information content (AvgIpc) is 2.10. The number of piperazine rings is 1. The number of carbonyl (C=O) groups is 2. The van der Waals surface area contributed by atoms with Crippen molar-refractivity contribution in [1.82, 2.24) is 9.80 Å². The van der Waals surface area contributed by atoms with E-state index in [0.717, 1.165) is 9.80 Å². The molecule has 0 radical (unpaired) electrons. The zero-order chi connectivity index (χ0) is 9.14. The summed E-state index contributed by atoms with van der Waals surface area (Å²) >= 11 is 0. The lowest BCUT2D eigenvalue weighted by atomic mass is 10.3. The lowest BCUT2D eigenvalue weighted by Gasteiger charge is -2.38. The molecule has 1 rings (SSSR count). The Morgan fingerprint density at radius 1 is 1.00 bits per heavy atom. The van der Waals surface area contributed by atoms with Gasteiger partial charge in [-0.25, -0.2) is 0 Å². The van der Waals surface area contributed by atoms with E-state index in [-0.39, 0.29) is 13.1 Å². The van der Waals surface area contributed by atoms with Gasteiger partial charge in [0.05, 0.1) is 0 Å². The van der Waals surface area contributed by atoms with Gasteiger partial charge in [0.2, 0.25) is 12.8 Å². The maximum atomic E-state index is 10.3. The second-order valence-corrected chi connectivity index (χ2v) is 2.51. The van der Waals surface area contributed by atoms with Gasteiger partial charge in [-0.05, 0) is 0 Å².